The highest BCUT2D eigenvalue weighted by molar-refractivity contribution is 6.29. The number of halogens is 1. The Morgan fingerprint density at radius 3 is 2.85 bits per heavy atom. The zero-order valence-electron chi connectivity index (χ0n) is 11.7. The van der Waals surface area contributed by atoms with Crippen molar-refractivity contribution >= 4 is 17.4 Å². The van der Waals surface area contributed by atoms with E-state index in [1.54, 1.807) is 6.07 Å². The topological polar surface area (TPSA) is 58.5 Å². The van der Waals surface area contributed by atoms with E-state index in [2.05, 4.69) is 14.9 Å². The molecule has 1 spiro atoms. The molecule has 5 nitrogen and oxygen atoms in total. The van der Waals surface area contributed by atoms with Gasteiger partial charge in [0.25, 0.3) is 0 Å². The van der Waals surface area contributed by atoms with Crippen LogP contribution in [0.2, 0.25) is 5.15 Å². The molecule has 2 fully saturated rings. The zero-order chi connectivity index (χ0) is 14.2. The van der Waals surface area contributed by atoms with Gasteiger partial charge in [-0.1, -0.05) is 18.0 Å². The van der Waals surface area contributed by atoms with E-state index in [1.807, 2.05) is 0 Å². The molecule has 1 aliphatic heterocycles. The molecule has 1 saturated heterocycles. The van der Waals surface area contributed by atoms with E-state index in [0.29, 0.717) is 10.6 Å². The molecular weight excluding hydrogens is 278 g/mol. The highest BCUT2D eigenvalue weighted by atomic mass is 35.5. The summed E-state index contributed by atoms with van der Waals surface area (Å²) in [6.45, 7) is 1.05. The molecule has 6 heteroatoms. The van der Waals surface area contributed by atoms with Gasteiger partial charge in [0, 0.05) is 12.6 Å². The third kappa shape index (κ3) is 2.44. The largest absolute Gasteiger partial charge is 0.467 e. The maximum atomic E-state index is 9.72. The van der Waals surface area contributed by atoms with Gasteiger partial charge in [-0.2, -0.15) is 9.97 Å². The molecule has 1 saturated carbocycles. The Hall–Kier alpha value is -1.07. The molecule has 20 heavy (non-hydrogen) atoms. The van der Waals surface area contributed by atoms with Gasteiger partial charge in [0.05, 0.1) is 19.8 Å². The molecule has 2 aliphatic rings. The van der Waals surface area contributed by atoms with Gasteiger partial charge >= 0.3 is 6.01 Å². The molecule has 0 aromatic carbocycles. The summed E-state index contributed by atoms with van der Waals surface area (Å²) in [5.74, 6) is 0.745. The van der Waals surface area contributed by atoms with Crippen LogP contribution in [-0.2, 0) is 0 Å². The standard InChI is InChI=1S/C14H20ClN3O2/c1-20-13-16-11(15)7-12(17-13)18-6-5-14(3-2-4-14)8-10(18)9-19/h7,10,19H,2-6,8-9H2,1H3. The van der Waals surface area contributed by atoms with Crippen molar-refractivity contribution in [1.82, 2.24) is 9.97 Å². The number of aromatic nitrogens is 2. The van der Waals surface area contributed by atoms with Crippen molar-refractivity contribution in [3.63, 3.8) is 0 Å². The van der Waals surface area contributed by atoms with Gasteiger partial charge in [-0.25, -0.2) is 0 Å². The third-order valence-corrected chi connectivity index (χ3v) is 4.95. The predicted molar refractivity (Wildman–Crippen MR) is 77.3 cm³/mol. The lowest BCUT2D eigenvalue weighted by Crippen LogP contribution is -2.51. The van der Waals surface area contributed by atoms with Crippen molar-refractivity contribution in [3.05, 3.63) is 11.2 Å². The second-order valence-corrected chi connectivity index (χ2v) is 6.26. The van der Waals surface area contributed by atoms with E-state index in [4.69, 9.17) is 16.3 Å². The Bertz CT molecular complexity index is 493. The lowest BCUT2D eigenvalue weighted by molar-refractivity contribution is 0.0605. The number of nitrogens with zero attached hydrogens (tertiary/aromatic N) is 3. The first-order chi connectivity index (χ1) is 9.65. The Kier molecular flexibility index (Phi) is 3.73. The van der Waals surface area contributed by atoms with Gasteiger partial charge in [-0.05, 0) is 31.1 Å². The zero-order valence-corrected chi connectivity index (χ0v) is 12.4. The van der Waals surface area contributed by atoms with Crippen LogP contribution in [0.1, 0.15) is 32.1 Å². The highest BCUT2D eigenvalue weighted by Gasteiger charge is 2.43. The van der Waals surface area contributed by atoms with E-state index in [1.165, 1.54) is 26.4 Å². The Balaban J connectivity index is 1.83. The number of anilines is 1. The maximum absolute atomic E-state index is 9.72. The maximum Gasteiger partial charge on any atom is 0.319 e. The molecule has 0 amide bonds. The van der Waals surface area contributed by atoms with E-state index >= 15 is 0 Å². The molecule has 1 aliphatic carbocycles. The first-order valence-corrected chi connectivity index (χ1v) is 7.50. The highest BCUT2D eigenvalue weighted by Crippen LogP contribution is 2.51. The lowest BCUT2D eigenvalue weighted by atomic mass is 9.61. The van der Waals surface area contributed by atoms with E-state index in [9.17, 15) is 5.11 Å². The van der Waals surface area contributed by atoms with E-state index in [0.717, 1.165) is 25.2 Å². The van der Waals surface area contributed by atoms with Crippen LogP contribution >= 0.6 is 11.6 Å². The molecule has 0 radical (unpaired) electrons. The molecule has 1 atom stereocenters. The summed E-state index contributed by atoms with van der Waals surface area (Å²) in [6.07, 6.45) is 6.11. The monoisotopic (exact) mass is 297 g/mol. The van der Waals surface area contributed by atoms with Gasteiger partial charge in [0.15, 0.2) is 0 Å². The summed E-state index contributed by atoms with van der Waals surface area (Å²) in [5.41, 5.74) is 0.463. The molecule has 1 aromatic rings. The number of hydrogen-bond donors (Lipinski definition) is 1. The van der Waals surface area contributed by atoms with E-state index < -0.39 is 0 Å². The SMILES string of the molecule is COc1nc(Cl)cc(N2CCC3(CCC3)CC2CO)n1. The van der Waals surface area contributed by atoms with Gasteiger partial charge in [0.2, 0.25) is 0 Å². The number of aliphatic hydroxyl groups excluding tert-OH is 1. The first kappa shape index (κ1) is 13.9. The number of hydrogen-bond acceptors (Lipinski definition) is 5. The predicted octanol–water partition coefficient (Wildman–Crippen LogP) is 2.27. The Morgan fingerprint density at radius 2 is 2.25 bits per heavy atom. The summed E-state index contributed by atoms with van der Waals surface area (Å²) in [5, 5.41) is 10.1. The van der Waals surface area contributed by atoms with Crippen molar-refractivity contribution in [3.8, 4) is 6.01 Å². The summed E-state index contributed by atoms with van der Waals surface area (Å²) < 4.78 is 5.07. The number of aliphatic hydroxyl groups is 1. The van der Waals surface area contributed by atoms with Gasteiger partial charge in [-0.15, -0.1) is 0 Å². The Labute approximate surface area is 123 Å². The quantitative estimate of drug-likeness (QED) is 0.867. The van der Waals surface area contributed by atoms with Crippen molar-refractivity contribution in [2.24, 2.45) is 5.41 Å². The van der Waals surface area contributed by atoms with Crippen molar-refractivity contribution in [2.45, 2.75) is 38.1 Å². The summed E-state index contributed by atoms with van der Waals surface area (Å²) in [4.78, 5) is 10.5. The second kappa shape index (κ2) is 5.37. The molecule has 2 heterocycles. The van der Waals surface area contributed by atoms with Crippen LogP contribution in [0.5, 0.6) is 6.01 Å². The number of piperidine rings is 1. The molecule has 1 N–H and O–H groups in total. The smallest absolute Gasteiger partial charge is 0.319 e. The van der Waals surface area contributed by atoms with Crippen LogP contribution in [0.4, 0.5) is 5.82 Å². The second-order valence-electron chi connectivity index (χ2n) is 5.87. The van der Waals surface area contributed by atoms with Crippen LogP contribution < -0.4 is 9.64 Å². The number of methoxy groups -OCH3 is 1. The normalized spacial score (nSPS) is 24.6. The fraction of sp³-hybridized carbons (Fsp3) is 0.714. The van der Waals surface area contributed by atoms with Crippen molar-refractivity contribution in [1.29, 1.82) is 0 Å². The fourth-order valence-corrected chi connectivity index (χ4v) is 3.64. The van der Waals surface area contributed by atoms with Crippen molar-refractivity contribution in [2.75, 3.05) is 25.2 Å². The van der Waals surface area contributed by atoms with Crippen LogP contribution in [0, 0.1) is 5.41 Å². The first-order valence-electron chi connectivity index (χ1n) is 7.12. The molecular formula is C14H20ClN3O2. The Morgan fingerprint density at radius 1 is 1.45 bits per heavy atom. The lowest BCUT2D eigenvalue weighted by Gasteiger charge is -2.51. The molecule has 1 unspecified atom stereocenters. The van der Waals surface area contributed by atoms with Crippen LogP contribution in [0.15, 0.2) is 6.07 Å². The summed E-state index contributed by atoms with van der Waals surface area (Å²) >= 11 is 6.01. The third-order valence-electron chi connectivity index (χ3n) is 4.76. The van der Waals surface area contributed by atoms with Gasteiger partial charge in [0.1, 0.15) is 11.0 Å². The fourth-order valence-electron chi connectivity index (χ4n) is 3.47. The average Bonchev–Trinajstić information content (AvgIpc) is 2.44. The summed E-state index contributed by atoms with van der Waals surface area (Å²) in [6, 6.07) is 2.12. The molecule has 110 valence electrons. The number of rotatable bonds is 3. The minimum atomic E-state index is 0.111. The van der Waals surface area contributed by atoms with Crippen LogP contribution in [-0.4, -0.2) is 41.4 Å². The molecule has 3 rings (SSSR count). The van der Waals surface area contributed by atoms with Crippen LogP contribution in [0.25, 0.3) is 0 Å². The molecule has 1 aromatic heterocycles. The van der Waals surface area contributed by atoms with Gasteiger partial charge < -0.3 is 14.7 Å². The molecule has 0 bridgehead atoms. The summed E-state index contributed by atoms with van der Waals surface area (Å²) in [7, 11) is 1.53. The average molecular weight is 298 g/mol. The minimum Gasteiger partial charge on any atom is -0.467 e. The van der Waals surface area contributed by atoms with E-state index in [-0.39, 0.29) is 18.7 Å². The van der Waals surface area contributed by atoms with Gasteiger partial charge in [-0.3, -0.25) is 0 Å². The minimum absolute atomic E-state index is 0.111. The number of ether oxygens (including phenoxy) is 1. The van der Waals surface area contributed by atoms with Crippen LogP contribution in [0.3, 0.4) is 0 Å². The van der Waals surface area contributed by atoms with Crippen molar-refractivity contribution < 1.29 is 9.84 Å².